The lowest BCUT2D eigenvalue weighted by atomic mass is 9.96. The third-order valence-electron chi connectivity index (χ3n) is 4.22. The van der Waals surface area contributed by atoms with E-state index in [2.05, 4.69) is 5.32 Å². The number of carbonyl (C=O) groups is 2. The summed E-state index contributed by atoms with van der Waals surface area (Å²) in [7, 11) is 0. The third kappa shape index (κ3) is 4.04. The van der Waals surface area contributed by atoms with E-state index in [4.69, 9.17) is 5.11 Å². The molecule has 0 radical (unpaired) electrons. The molecule has 1 atom stereocenters. The molecule has 1 saturated heterocycles. The maximum atomic E-state index is 13.5. The Bertz CT molecular complexity index is 542. The fraction of sp³-hybridized carbons (Fsp3) is 0.500. The van der Waals surface area contributed by atoms with Crippen molar-refractivity contribution in [2.24, 2.45) is 5.92 Å². The number of hydrogen-bond acceptors (Lipinski definition) is 3. The van der Waals surface area contributed by atoms with Crippen molar-refractivity contribution in [3.63, 3.8) is 0 Å². The number of carbonyl (C=O) groups excluding carboxylic acids is 1. The highest BCUT2D eigenvalue weighted by molar-refractivity contribution is 5.81. The van der Waals surface area contributed by atoms with Crippen LogP contribution < -0.4 is 5.32 Å². The van der Waals surface area contributed by atoms with Crippen molar-refractivity contribution in [2.45, 2.75) is 32.4 Å². The SMILES string of the molecule is CC(C(=O)NCc1ccccc1F)N1CCC(C(=O)O)CC1. The zero-order valence-corrected chi connectivity index (χ0v) is 12.6. The first kappa shape index (κ1) is 16.4. The highest BCUT2D eigenvalue weighted by atomic mass is 19.1. The Kier molecular flexibility index (Phi) is 5.49. The molecule has 0 aromatic heterocycles. The first-order valence-electron chi connectivity index (χ1n) is 7.47. The number of benzene rings is 1. The van der Waals surface area contributed by atoms with Crippen molar-refractivity contribution in [2.75, 3.05) is 13.1 Å². The molecule has 0 aliphatic carbocycles. The van der Waals surface area contributed by atoms with Gasteiger partial charge >= 0.3 is 5.97 Å². The number of carboxylic acids is 1. The Morgan fingerprint density at radius 2 is 2.00 bits per heavy atom. The van der Waals surface area contributed by atoms with Gasteiger partial charge in [-0.2, -0.15) is 0 Å². The number of carboxylic acid groups (broad SMARTS) is 1. The summed E-state index contributed by atoms with van der Waals surface area (Å²) in [5.41, 5.74) is 0.452. The maximum absolute atomic E-state index is 13.5. The zero-order chi connectivity index (χ0) is 16.1. The quantitative estimate of drug-likeness (QED) is 0.867. The number of nitrogens with one attached hydrogen (secondary N) is 1. The molecule has 1 aromatic rings. The highest BCUT2D eigenvalue weighted by Crippen LogP contribution is 2.19. The molecule has 5 nitrogen and oxygen atoms in total. The molecule has 0 saturated carbocycles. The Morgan fingerprint density at radius 1 is 1.36 bits per heavy atom. The molecule has 0 bridgehead atoms. The van der Waals surface area contributed by atoms with Crippen LogP contribution >= 0.6 is 0 Å². The molecule has 1 fully saturated rings. The molecule has 1 aromatic carbocycles. The third-order valence-corrected chi connectivity index (χ3v) is 4.22. The monoisotopic (exact) mass is 308 g/mol. The fourth-order valence-corrected chi connectivity index (χ4v) is 2.67. The van der Waals surface area contributed by atoms with Gasteiger partial charge in [0.1, 0.15) is 5.82 Å². The van der Waals surface area contributed by atoms with E-state index in [-0.39, 0.29) is 30.2 Å². The van der Waals surface area contributed by atoms with Gasteiger partial charge in [-0.1, -0.05) is 18.2 Å². The van der Waals surface area contributed by atoms with E-state index in [1.54, 1.807) is 25.1 Å². The summed E-state index contributed by atoms with van der Waals surface area (Å²) in [6.07, 6.45) is 1.11. The molecule has 120 valence electrons. The van der Waals surface area contributed by atoms with Crippen LogP contribution in [0.5, 0.6) is 0 Å². The predicted octanol–water partition coefficient (Wildman–Crippen LogP) is 1.63. The van der Waals surface area contributed by atoms with Crippen molar-refractivity contribution in [1.82, 2.24) is 10.2 Å². The summed E-state index contributed by atoms with van der Waals surface area (Å²) < 4.78 is 13.5. The summed E-state index contributed by atoms with van der Waals surface area (Å²) in [6, 6.07) is 5.99. The maximum Gasteiger partial charge on any atom is 0.306 e. The number of halogens is 1. The fourth-order valence-electron chi connectivity index (χ4n) is 2.67. The van der Waals surface area contributed by atoms with Crippen LogP contribution in [0.1, 0.15) is 25.3 Å². The van der Waals surface area contributed by atoms with Gasteiger partial charge in [-0.15, -0.1) is 0 Å². The van der Waals surface area contributed by atoms with Crippen LogP contribution in [-0.4, -0.2) is 41.0 Å². The Morgan fingerprint density at radius 3 is 2.59 bits per heavy atom. The van der Waals surface area contributed by atoms with E-state index in [1.165, 1.54) is 6.07 Å². The number of rotatable bonds is 5. The molecule has 1 aliphatic heterocycles. The molecule has 1 heterocycles. The summed E-state index contributed by atoms with van der Waals surface area (Å²) >= 11 is 0. The van der Waals surface area contributed by atoms with E-state index in [0.717, 1.165) is 0 Å². The molecule has 2 N–H and O–H groups in total. The molecule has 0 spiro atoms. The van der Waals surface area contributed by atoms with Gasteiger partial charge in [0, 0.05) is 12.1 Å². The van der Waals surface area contributed by atoms with Gasteiger partial charge in [-0.25, -0.2) is 4.39 Å². The van der Waals surface area contributed by atoms with Gasteiger partial charge in [0.05, 0.1) is 12.0 Å². The Labute approximate surface area is 129 Å². The number of aliphatic carboxylic acids is 1. The van der Waals surface area contributed by atoms with Gasteiger partial charge in [0.2, 0.25) is 5.91 Å². The summed E-state index contributed by atoms with van der Waals surface area (Å²) in [4.78, 5) is 25.0. The van der Waals surface area contributed by atoms with Crippen LogP contribution in [0.3, 0.4) is 0 Å². The second-order valence-electron chi connectivity index (χ2n) is 5.63. The summed E-state index contributed by atoms with van der Waals surface area (Å²) in [5.74, 6) is -1.59. The minimum atomic E-state index is -0.767. The minimum Gasteiger partial charge on any atom is -0.481 e. The normalized spacial score (nSPS) is 17.9. The first-order valence-corrected chi connectivity index (χ1v) is 7.47. The lowest BCUT2D eigenvalue weighted by Gasteiger charge is -2.33. The van der Waals surface area contributed by atoms with Crippen molar-refractivity contribution in [3.8, 4) is 0 Å². The number of likely N-dealkylation sites (tertiary alicyclic amines) is 1. The van der Waals surface area contributed by atoms with Crippen LogP contribution in [0.25, 0.3) is 0 Å². The van der Waals surface area contributed by atoms with Crippen LogP contribution in [-0.2, 0) is 16.1 Å². The van der Waals surface area contributed by atoms with Gasteiger partial charge in [-0.3, -0.25) is 14.5 Å². The minimum absolute atomic E-state index is 0.154. The van der Waals surface area contributed by atoms with Crippen molar-refractivity contribution in [3.05, 3.63) is 35.6 Å². The molecule has 6 heteroatoms. The van der Waals surface area contributed by atoms with E-state index in [9.17, 15) is 14.0 Å². The largest absolute Gasteiger partial charge is 0.481 e. The number of amides is 1. The Balaban J connectivity index is 1.83. The lowest BCUT2D eigenvalue weighted by Crippen LogP contribution is -2.48. The number of piperidine rings is 1. The van der Waals surface area contributed by atoms with E-state index in [0.29, 0.717) is 31.5 Å². The van der Waals surface area contributed by atoms with Crippen LogP contribution in [0.4, 0.5) is 4.39 Å². The highest BCUT2D eigenvalue weighted by Gasteiger charge is 2.29. The van der Waals surface area contributed by atoms with E-state index < -0.39 is 5.97 Å². The molecule has 1 amide bonds. The standard InChI is InChI=1S/C16H21FN2O3/c1-11(19-8-6-12(7-9-19)16(21)22)15(20)18-10-13-4-2-3-5-14(13)17/h2-5,11-12H,6-10H2,1H3,(H,18,20)(H,21,22). The van der Waals surface area contributed by atoms with E-state index >= 15 is 0 Å². The number of hydrogen-bond donors (Lipinski definition) is 2. The summed E-state index contributed by atoms with van der Waals surface area (Å²) in [6.45, 7) is 3.12. The zero-order valence-electron chi connectivity index (χ0n) is 12.6. The van der Waals surface area contributed by atoms with Crippen LogP contribution in [0, 0.1) is 11.7 Å². The van der Waals surface area contributed by atoms with Crippen molar-refractivity contribution in [1.29, 1.82) is 0 Å². The molecule has 2 rings (SSSR count). The average Bonchev–Trinajstić information content (AvgIpc) is 2.53. The average molecular weight is 308 g/mol. The van der Waals surface area contributed by atoms with Crippen LogP contribution in [0.2, 0.25) is 0 Å². The van der Waals surface area contributed by atoms with Crippen molar-refractivity contribution < 1.29 is 19.1 Å². The van der Waals surface area contributed by atoms with Gasteiger partial charge in [0.25, 0.3) is 0 Å². The Hall–Kier alpha value is -1.95. The lowest BCUT2D eigenvalue weighted by molar-refractivity contribution is -0.143. The molecule has 1 aliphatic rings. The predicted molar refractivity (Wildman–Crippen MR) is 79.6 cm³/mol. The molecule has 1 unspecified atom stereocenters. The smallest absolute Gasteiger partial charge is 0.306 e. The van der Waals surface area contributed by atoms with E-state index in [1.807, 2.05) is 4.90 Å². The van der Waals surface area contributed by atoms with Crippen molar-refractivity contribution >= 4 is 11.9 Å². The molecular weight excluding hydrogens is 287 g/mol. The number of nitrogens with zero attached hydrogens (tertiary/aromatic N) is 1. The summed E-state index contributed by atoms with van der Waals surface area (Å²) in [5, 5.41) is 11.7. The van der Waals surface area contributed by atoms with Gasteiger partial charge < -0.3 is 10.4 Å². The molecule has 22 heavy (non-hydrogen) atoms. The first-order chi connectivity index (χ1) is 10.5. The van der Waals surface area contributed by atoms with Crippen LogP contribution in [0.15, 0.2) is 24.3 Å². The van der Waals surface area contributed by atoms with Gasteiger partial charge in [-0.05, 0) is 38.9 Å². The van der Waals surface area contributed by atoms with Gasteiger partial charge in [0.15, 0.2) is 0 Å². The molecular formula is C16H21FN2O3. The second kappa shape index (κ2) is 7.35. The second-order valence-corrected chi connectivity index (χ2v) is 5.63. The topological polar surface area (TPSA) is 69.6 Å².